The number of esters is 2. The minimum Gasteiger partial charge on any atom is -0.459 e. The topological polar surface area (TPSA) is 52.6 Å². The molecule has 0 rings (SSSR count). The summed E-state index contributed by atoms with van der Waals surface area (Å²) in [5, 5.41) is 0. The molecule has 0 aromatic carbocycles. The highest BCUT2D eigenvalue weighted by atomic mass is 16.5. The van der Waals surface area contributed by atoms with E-state index in [0.29, 0.717) is 6.42 Å². The molecule has 0 fully saturated rings. The number of unbranched alkanes of at least 4 members (excludes halogenated alkanes) is 1. The zero-order valence-electron chi connectivity index (χ0n) is 9.62. The SMILES string of the molecule is C=CCCC[C@@H](C#CC(=O)OC)OC(C)=O. The van der Waals surface area contributed by atoms with E-state index in [1.54, 1.807) is 6.08 Å². The van der Waals surface area contributed by atoms with E-state index in [1.807, 2.05) is 0 Å². The van der Waals surface area contributed by atoms with Gasteiger partial charge in [0, 0.05) is 12.8 Å². The number of carbonyl (C=O) groups excluding carboxylic acids is 2. The average molecular weight is 224 g/mol. The predicted molar refractivity (Wildman–Crippen MR) is 59.4 cm³/mol. The van der Waals surface area contributed by atoms with Crippen LogP contribution in [0.15, 0.2) is 12.7 Å². The quantitative estimate of drug-likeness (QED) is 0.233. The van der Waals surface area contributed by atoms with E-state index in [2.05, 4.69) is 23.2 Å². The average Bonchev–Trinajstić information content (AvgIpc) is 2.24. The molecule has 0 N–H and O–H groups in total. The summed E-state index contributed by atoms with van der Waals surface area (Å²) in [4.78, 5) is 21.6. The van der Waals surface area contributed by atoms with E-state index in [0.717, 1.165) is 12.8 Å². The third-order valence-corrected chi connectivity index (χ3v) is 1.70. The number of methoxy groups -OCH3 is 1. The van der Waals surface area contributed by atoms with Gasteiger partial charge in [0.25, 0.3) is 0 Å². The van der Waals surface area contributed by atoms with Crippen LogP contribution in [0.2, 0.25) is 0 Å². The summed E-state index contributed by atoms with van der Waals surface area (Å²) in [6, 6.07) is 0. The second-order valence-electron chi connectivity index (χ2n) is 3.08. The van der Waals surface area contributed by atoms with Crippen LogP contribution in [0, 0.1) is 11.8 Å². The molecular weight excluding hydrogens is 208 g/mol. The fourth-order valence-corrected chi connectivity index (χ4v) is 0.999. The van der Waals surface area contributed by atoms with Gasteiger partial charge in [-0.25, -0.2) is 4.79 Å². The maximum atomic E-state index is 10.8. The van der Waals surface area contributed by atoms with Crippen LogP contribution in [0.3, 0.4) is 0 Å². The summed E-state index contributed by atoms with van der Waals surface area (Å²) in [6.07, 6.45) is 3.42. The molecule has 0 aliphatic rings. The molecule has 0 aromatic rings. The van der Waals surface area contributed by atoms with E-state index in [1.165, 1.54) is 14.0 Å². The second kappa shape index (κ2) is 8.54. The molecule has 4 nitrogen and oxygen atoms in total. The van der Waals surface area contributed by atoms with Crippen molar-refractivity contribution in [1.29, 1.82) is 0 Å². The lowest BCUT2D eigenvalue weighted by atomic mass is 10.1. The summed E-state index contributed by atoms with van der Waals surface area (Å²) >= 11 is 0. The Labute approximate surface area is 95.6 Å². The van der Waals surface area contributed by atoms with Crippen LogP contribution in [0.5, 0.6) is 0 Å². The van der Waals surface area contributed by atoms with E-state index in [-0.39, 0.29) is 0 Å². The lowest BCUT2D eigenvalue weighted by Crippen LogP contribution is -2.14. The monoisotopic (exact) mass is 224 g/mol. The summed E-state index contributed by atoms with van der Waals surface area (Å²) < 4.78 is 9.30. The first-order chi connectivity index (χ1) is 7.60. The van der Waals surface area contributed by atoms with Crippen LogP contribution in [0.25, 0.3) is 0 Å². The largest absolute Gasteiger partial charge is 0.459 e. The van der Waals surface area contributed by atoms with Crippen molar-refractivity contribution >= 4 is 11.9 Å². The van der Waals surface area contributed by atoms with Gasteiger partial charge in [0.1, 0.15) is 0 Å². The number of rotatable bonds is 5. The van der Waals surface area contributed by atoms with Crippen molar-refractivity contribution in [1.82, 2.24) is 0 Å². The molecule has 0 saturated carbocycles. The van der Waals surface area contributed by atoms with Gasteiger partial charge in [0.05, 0.1) is 7.11 Å². The van der Waals surface area contributed by atoms with Crippen LogP contribution in [0.4, 0.5) is 0 Å². The van der Waals surface area contributed by atoms with Gasteiger partial charge in [0.15, 0.2) is 6.10 Å². The molecule has 0 radical (unpaired) electrons. The van der Waals surface area contributed by atoms with Gasteiger partial charge in [-0.05, 0) is 25.2 Å². The van der Waals surface area contributed by atoms with Crippen molar-refractivity contribution in [3.8, 4) is 11.8 Å². The van der Waals surface area contributed by atoms with Gasteiger partial charge in [-0.3, -0.25) is 4.79 Å². The Morgan fingerprint density at radius 1 is 1.50 bits per heavy atom. The molecule has 0 aliphatic carbocycles. The first-order valence-corrected chi connectivity index (χ1v) is 4.97. The number of hydrogen-bond acceptors (Lipinski definition) is 4. The smallest absolute Gasteiger partial charge is 0.384 e. The van der Waals surface area contributed by atoms with Crippen molar-refractivity contribution in [3.05, 3.63) is 12.7 Å². The molecule has 88 valence electrons. The fraction of sp³-hybridized carbons (Fsp3) is 0.500. The molecule has 0 heterocycles. The summed E-state index contributed by atoms with van der Waals surface area (Å²) in [5.74, 6) is 3.76. The molecule has 0 aliphatic heterocycles. The molecule has 16 heavy (non-hydrogen) atoms. The van der Waals surface area contributed by atoms with Crippen LogP contribution in [0.1, 0.15) is 26.2 Å². The first kappa shape index (κ1) is 14.2. The standard InChI is InChI=1S/C12H16O4/c1-4-5-6-7-11(16-10(2)13)8-9-12(14)15-3/h4,11H,1,5-7H2,2-3H3/t11-/m0/s1. The Morgan fingerprint density at radius 2 is 2.19 bits per heavy atom. The van der Waals surface area contributed by atoms with Crippen LogP contribution in [-0.4, -0.2) is 25.2 Å². The minimum atomic E-state index is -0.638. The van der Waals surface area contributed by atoms with E-state index in [9.17, 15) is 9.59 Å². The van der Waals surface area contributed by atoms with Crippen LogP contribution in [-0.2, 0) is 19.1 Å². The fourth-order valence-electron chi connectivity index (χ4n) is 0.999. The molecule has 4 heteroatoms. The van der Waals surface area contributed by atoms with Crippen molar-refractivity contribution in [2.75, 3.05) is 7.11 Å². The first-order valence-electron chi connectivity index (χ1n) is 4.97. The summed E-state index contributed by atoms with van der Waals surface area (Å²) in [5.41, 5.74) is 0. The van der Waals surface area contributed by atoms with Crippen molar-refractivity contribution in [3.63, 3.8) is 0 Å². The van der Waals surface area contributed by atoms with Gasteiger partial charge < -0.3 is 9.47 Å². The maximum Gasteiger partial charge on any atom is 0.384 e. The van der Waals surface area contributed by atoms with Crippen molar-refractivity contribution < 1.29 is 19.1 Å². The molecule has 0 saturated heterocycles. The number of allylic oxidation sites excluding steroid dienone is 1. The second-order valence-corrected chi connectivity index (χ2v) is 3.08. The Kier molecular flexibility index (Phi) is 7.60. The van der Waals surface area contributed by atoms with Gasteiger partial charge in [-0.1, -0.05) is 6.08 Å². The Hall–Kier alpha value is -1.76. The molecule has 0 aromatic heterocycles. The number of ether oxygens (including phenoxy) is 2. The van der Waals surface area contributed by atoms with E-state index >= 15 is 0 Å². The zero-order chi connectivity index (χ0) is 12.4. The molecule has 1 atom stereocenters. The third-order valence-electron chi connectivity index (χ3n) is 1.70. The van der Waals surface area contributed by atoms with Crippen LogP contribution < -0.4 is 0 Å². The van der Waals surface area contributed by atoms with Crippen molar-refractivity contribution in [2.45, 2.75) is 32.3 Å². The lowest BCUT2D eigenvalue weighted by molar-refractivity contribution is -0.144. The molecule has 0 amide bonds. The Bertz CT molecular complexity index is 309. The Morgan fingerprint density at radius 3 is 2.69 bits per heavy atom. The predicted octanol–water partition coefficient (Wildman–Crippen LogP) is 1.45. The number of carbonyl (C=O) groups is 2. The Balaban J connectivity index is 4.27. The normalized spacial score (nSPS) is 10.6. The molecule has 0 spiro atoms. The minimum absolute atomic E-state index is 0.414. The highest BCUT2D eigenvalue weighted by Crippen LogP contribution is 2.05. The molecule has 0 unspecified atom stereocenters. The summed E-state index contributed by atoms with van der Waals surface area (Å²) in [7, 11) is 1.25. The molecular formula is C12H16O4. The zero-order valence-corrected chi connectivity index (χ0v) is 9.62. The van der Waals surface area contributed by atoms with Gasteiger partial charge in [-0.15, -0.1) is 6.58 Å². The van der Waals surface area contributed by atoms with Gasteiger partial charge >= 0.3 is 11.9 Å². The maximum absolute atomic E-state index is 10.8. The number of hydrogen-bond donors (Lipinski definition) is 0. The van der Waals surface area contributed by atoms with Crippen molar-refractivity contribution in [2.24, 2.45) is 0 Å². The van der Waals surface area contributed by atoms with Gasteiger partial charge in [-0.2, -0.15) is 0 Å². The highest BCUT2D eigenvalue weighted by molar-refractivity contribution is 5.88. The van der Waals surface area contributed by atoms with E-state index < -0.39 is 18.0 Å². The van der Waals surface area contributed by atoms with E-state index in [4.69, 9.17) is 4.74 Å². The summed E-state index contributed by atoms with van der Waals surface area (Å²) in [6.45, 7) is 4.89. The highest BCUT2D eigenvalue weighted by Gasteiger charge is 2.08. The third kappa shape index (κ3) is 7.63. The molecule has 0 bridgehead atoms. The van der Waals surface area contributed by atoms with Gasteiger partial charge in [0.2, 0.25) is 0 Å². The lowest BCUT2D eigenvalue weighted by Gasteiger charge is -2.09. The van der Waals surface area contributed by atoms with Crippen LogP contribution >= 0.6 is 0 Å².